The lowest BCUT2D eigenvalue weighted by atomic mass is 10.0. The Kier molecular flexibility index (Phi) is 5.38. The molecule has 0 N–H and O–H groups in total. The van der Waals surface area contributed by atoms with Crippen molar-refractivity contribution in [3.63, 3.8) is 0 Å². The molecule has 1 aliphatic heterocycles. The molecule has 3 aromatic carbocycles. The second kappa shape index (κ2) is 7.94. The minimum atomic E-state index is -4.30. The molecule has 0 aliphatic carbocycles. The van der Waals surface area contributed by atoms with E-state index in [-0.39, 0.29) is 0 Å². The van der Waals surface area contributed by atoms with Gasteiger partial charge in [-0.1, -0.05) is 60.7 Å². The summed E-state index contributed by atoms with van der Waals surface area (Å²) in [4.78, 5) is 4.50. The Bertz CT molecular complexity index is 938. The molecule has 1 fully saturated rings. The summed E-state index contributed by atoms with van der Waals surface area (Å²) in [5.74, 6) is 0. The van der Waals surface area contributed by atoms with Crippen molar-refractivity contribution in [3.8, 4) is 0 Å². The first-order chi connectivity index (χ1) is 13.5. The smallest absolute Gasteiger partial charge is 0.297 e. The van der Waals surface area contributed by atoms with E-state index in [2.05, 4.69) is 46.2 Å². The van der Waals surface area contributed by atoms with Gasteiger partial charge in [-0.25, -0.2) is 0 Å². The van der Waals surface area contributed by atoms with Gasteiger partial charge in [0.25, 0.3) is 0 Å². The van der Waals surface area contributed by atoms with E-state index < -0.39 is 11.7 Å². The van der Waals surface area contributed by atoms with Crippen LogP contribution in [-0.4, -0.2) is 36.0 Å². The van der Waals surface area contributed by atoms with Crippen LogP contribution in [0.4, 0.5) is 13.2 Å². The normalized spacial score (nSPS) is 16.5. The summed E-state index contributed by atoms with van der Waals surface area (Å²) in [7, 11) is 0. The molecule has 0 saturated carbocycles. The van der Waals surface area contributed by atoms with Gasteiger partial charge in [-0.15, -0.1) is 0 Å². The van der Waals surface area contributed by atoms with Crippen molar-refractivity contribution in [3.05, 3.63) is 83.4 Å². The van der Waals surface area contributed by atoms with E-state index in [0.717, 1.165) is 32.7 Å². The first-order valence-corrected chi connectivity index (χ1v) is 9.57. The van der Waals surface area contributed by atoms with Crippen molar-refractivity contribution in [2.45, 2.75) is 19.3 Å². The molecule has 0 aromatic heterocycles. The number of fused-ring (bicyclic) bond motifs is 1. The van der Waals surface area contributed by atoms with Crippen LogP contribution in [0.3, 0.4) is 0 Å². The minimum Gasteiger partial charge on any atom is -0.297 e. The van der Waals surface area contributed by atoms with Crippen molar-refractivity contribution in [1.29, 1.82) is 0 Å². The number of rotatable bonds is 4. The van der Waals surface area contributed by atoms with Crippen LogP contribution in [0.1, 0.15) is 16.7 Å². The zero-order chi connectivity index (χ0) is 19.6. The summed E-state index contributed by atoms with van der Waals surface area (Å²) in [6.45, 7) is 4.48. The highest BCUT2D eigenvalue weighted by molar-refractivity contribution is 5.85. The molecule has 0 bridgehead atoms. The molecule has 0 atom stereocenters. The van der Waals surface area contributed by atoms with E-state index in [4.69, 9.17) is 0 Å². The first kappa shape index (κ1) is 19.0. The number of piperazine rings is 1. The molecule has 4 rings (SSSR count). The maximum Gasteiger partial charge on any atom is 0.416 e. The van der Waals surface area contributed by atoms with Crippen LogP contribution in [0.25, 0.3) is 10.8 Å². The van der Waals surface area contributed by atoms with Gasteiger partial charge >= 0.3 is 6.18 Å². The maximum absolute atomic E-state index is 13.2. The quantitative estimate of drug-likeness (QED) is 0.612. The molecule has 0 amide bonds. The number of halogens is 3. The van der Waals surface area contributed by atoms with Gasteiger partial charge in [0, 0.05) is 39.3 Å². The second-order valence-electron chi connectivity index (χ2n) is 7.35. The van der Waals surface area contributed by atoms with Crippen LogP contribution in [-0.2, 0) is 19.3 Å². The van der Waals surface area contributed by atoms with Crippen LogP contribution < -0.4 is 0 Å². The second-order valence-corrected chi connectivity index (χ2v) is 7.35. The Hall–Kier alpha value is -2.37. The fourth-order valence-electron chi connectivity index (χ4n) is 3.95. The topological polar surface area (TPSA) is 6.48 Å². The van der Waals surface area contributed by atoms with Crippen molar-refractivity contribution >= 4 is 10.8 Å². The summed E-state index contributed by atoms with van der Waals surface area (Å²) in [5, 5.41) is 2.51. The zero-order valence-corrected chi connectivity index (χ0v) is 15.6. The summed E-state index contributed by atoms with van der Waals surface area (Å²) < 4.78 is 39.6. The van der Waals surface area contributed by atoms with Crippen LogP contribution >= 0.6 is 0 Å². The third kappa shape index (κ3) is 4.21. The monoisotopic (exact) mass is 384 g/mol. The molecule has 1 saturated heterocycles. The number of alkyl halides is 3. The SMILES string of the molecule is FC(F)(F)c1ccccc1CN1CCN(Cc2cccc3ccccc23)CC1. The highest BCUT2D eigenvalue weighted by atomic mass is 19.4. The van der Waals surface area contributed by atoms with E-state index in [9.17, 15) is 13.2 Å². The van der Waals surface area contributed by atoms with Crippen LogP contribution in [0.15, 0.2) is 66.7 Å². The number of hydrogen-bond donors (Lipinski definition) is 0. The fraction of sp³-hybridized carbons (Fsp3) is 0.304. The molecule has 0 unspecified atom stereocenters. The average Bonchev–Trinajstić information content (AvgIpc) is 2.69. The molecular formula is C23H23F3N2. The van der Waals surface area contributed by atoms with E-state index in [1.807, 2.05) is 6.07 Å². The van der Waals surface area contributed by atoms with Crippen molar-refractivity contribution in [2.75, 3.05) is 26.2 Å². The molecule has 146 valence electrons. The number of nitrogens with zero attached hydrogens (tertiary/aromatic N) is 2. The zero-order valence-electron chi connectivity index (χ0n) is 15.6. The van der Waals surface area contributed by atoms with Gasteiger partial charge in [0.15, 0.2) is 0 Å². The van der Waals surface area contributed by atoms with Crippen LogP contribution in [0.2, 0.25) is 0 Å². The summed E-state index contributed by atoms with van der Waals surface area (Å²) in [5.41, 5.74) is 1.14. The number of hydrogen-bond acceptors (Lipinski definition) is 2. The van der Waals surface area contributed by atoms with Gasteiger partial charge in [-0.3, -0.25) is 9.80 Å². The van der Waals surface area contributed by atoms with Crippen LogP contribution in [0.5, 0.6) is 0 Å². The molecular weight excluding hydrogens is 361 g/mol. The predicted molar refractivity (Wildman–Crippen MR) is 106 cm³/mol. The third-order valence-corrected chi connectivity index (χ3v) is 5.46. The van der Waals surface area contributed by atoms with E-state index in [1.54, 1.807) is 12.1 Å². The average molecular weight is 384 g/mol. The predicted octanol–water partition coefficient (Wildman–Crippen LogP) is 5.18. The van der Waals surface area contributed by atoms with E-state index in [0.29, 0.717) is 12.1 Å². The minimum absolute atomic E-state index is 0.345. The lowest BCUT2D eigenvalue weighted by Crippen LogP contribution is -2.45. The lowest BCUT2D eigenvalue weighted by Gasteiger charge is -2.35. The first-order valence-electron chi connectivity index (χ1n) is 9.57. The highest BCUT2D eigenvalue weighted by Gasteiger charge is 2.33. The third-order valence-electron chi connectivity index (χ3n) is 5.46. The van der Waals surface area contributed by atoms with E-state index >= 15 is 0 Å². The summed E-state index contributed by atoms with van der Waals surface area (Å²) in [6.07, 6.45) is -4.30. The van der Waals surface area contributed by atoms with Gasteiger partial charge in [0.1, 0.15) is 0 Å². The van der Waals surface area contributed by atoms with Gasteiger partial charge in [0.2, 0.25) is 0 Å². The Morgan fingerprint density at radius 3 is 1.89 bits per heavy atom. The molecule has 0 radical (unpaired) electrons. The summed E-state index contributed by atoms with van der Waals surface area (Å²) in [6, 6.07) is 20.6. The van der Waals surface area contributed by atoms with Crippen molar-refractivity contribution < 1.29 is 13.2 Å². The molecule has 28 heavy (non-hydrogen) atoms. The van der Waals surface area contributed by atoms with Crippen molar-refractivity contribution in [1.82, 2.24) is 9.80 Å². The fourth-order valence-corrected chi connectivity index (χ4v) is 3.95. The van der Waals surface area contributed by atoms with Crippen molar-refractivity contribution in [2.24, 2.45) is 0 Å². The molecule has 1 aliphatic rings. The molecule has 5 heteroatoms. The van der Waals surface area contributed by atoms with Gasteiger partial charge < -0.3 is 0 Å². The largest absolute Gasteiger partial charge is 0.416 e. The van der Waals surface area contributed by atoms with Gasteiger partial charge in [0.05, 0.1) is 5.56 Å². The molecule has 2 nitrogen and oxygen atoms in total. The molecule has 3 aromatic rings. The van der Waals surface area contributed by atoms with Crippen LogP contribution in [0, 0.1) is 0 Å². The Labute approximate surface area is 163 Å². The summed E-state index contributed by atoms with van der Waals surface area (Å²) >= 11 is 0. The molecule has 1 heterocycles. The molecule has 0 spiro atoms. The maximum atomic E-state index is 13.2. The van der Waals surface area contributed by atoms with Gasteiger partial charge in [-0.2, -0.15) is 13.2 Å². The van der Waals surface area contributed by atoms with E-state index in [1.165, 1.54) is 28.5 Å². The highest BCUT2D eigenvalue weighted by Crippen LogP contribution is 2.32. The lowest BCUT2D eigenvalue weighted by molar-refractivity contribution is -0.138. The Morgan fingerprint density at radius 1 is 0.643 bits per heavy atom. The Morgan fingerprint density at radius 2 is 1.18 bits per heavy atom. The van der Waals surface area contributed by atoms with Gasteiger partial charge in [-0.05, 0) is 28.0 Å². The Balaban J connectivity index is 1.39. The number of benzene rings is 3. The standard InChI is InChI=1S/C23H23F3N2/c24-23(25,26)22-11-4-2-7-20(22)17-28-14-12-27(13-15-28)16-19-9-5-8-18-6-1-3-10-21(18)19/h1-11H,12-17H2.